The zero-order chi connectivity index (χ0) is 30.7. The lowest BCUT2D eigenvalue weighted by molar-refractivity contribution is -0.124. The lowest BCUT2D eigenvalue weighted by atomic mass is 10.1. The average Bonchev–Trinajstić information content (AvgIpc) is 3.01. The van der Waals surface area contributed by atoms with Crippen molar-refractivity contribution in [3.63, 3.8) is 0 Å². The van der Waals surface area contributed by atoms with Crippen LogP contribution in [0.5, 0.6) is 5.75 Å². The van der Waals surface area contributed by atoms with Gasteiger partial charge in [0.1, 0.15) is 5.75 Å². The van der Waals surface area contributed by atoms with Gasteiger partial charge < -0.3 is 10.1 Å². The Bertz CT molecular complexity index is 1630. The molecule has 2 N–H and O–H groups in total. The molecule has 43 heavy (non-hydrogen) atoms. The van der Waals surface area contributed by atoms with Gasteiger partial charge in [-0.15, -0.1) is 0 Å². The van der Waals surface area contributed by atoms with Crippen LogP contribution in [0.1, 0.15) is 29.7 Å². The maximum Gasteiger partial charge on any atom is 0.258 e. The maximum absolute atomic E-state index is 13.4. The van der Waals surface area contributed by atoms with Gasteiger partial charge in [-0.2, -0.15) is 9.41 Å². The lowest BCUT2D eigenvalue weighted by Crippen LogP contribution is -2.39. The molecule has 0 saturated carbocycles. The highest BCUT2D eigenvalue weighted by molar-refractivity contribution is 9.10. The first kappa shape index (κ1) is 31.6. The summed E-state index contributed by atoms with van der Waals surface area (Å²) in [5.74, 6) is -0.338. The summed E-state index contributed by atoms with van der Waals surface area (Å²) in [6, 6.07) is 31.6. The zero-order valence-electron chi connectivity index (χ0n) is 23.4. The first-order chi connectivity index (χ1) is 20.7. The highest BCUT2D eigenvalue weighted by Gasteiger charge is 2.27. The van der Waals surface area contributed by atoms with E-state index in [1.807, 2.05) is 55.5 Å². The summed E-state index contributed by atoms with van der Waals surface area (Å²) in [6.45, 7) is 1.36. The van der Waals surface area contributed by atoms with E-state index >= 15 is 0 Å². The Labute approximate surface area is 259 Å². The van der Waals surface area contributed by atoms with Crippen molar-refractivity contribution in [2.75, 3.05) is 13.2 Å². The number of ether oxygens (including phenoxy) is 1. The number of benzene rings is 4. The summed E-state index contributed by atoms with van der Waals surface area (Å²) in [4.78, 5) is 25.1. The minimum atomic E-state index is -3.97. The van der Waals surface area contributed by atoms with Crippen molar-refractivity contribution in [3.8, 4) is 5.75 Å². The molecule has 0 spiro atoms. The molecule has 0 fully saturated rings. The van der Waals surface area contributed by atoms with Gasteiger partial charge in [0.05, 0.1) is 23.7 Å². The number of sulfonamides is 1. The molecule has 0 aliphatic rings. The second-order valence-corrected chi connectivity index (χ2v) is 12.4. The number of nitrogens with zero attached hydrogens (tertiary/aromatic N) is 2. The van der Waals surface area contributed by atoms with Crippen LogP contribution in [0.3, 0.4) is 0 Å². The van der Waals surface area contributed by atoms with E-state index in [-0.39, 0.29) is 30.0 Å². The van der Waals surface area contributed by atoms with Gasteiger partial charge >= 0.3 is 0 Å². The molecule has 0 heterocycles. The number of nitrogens with one attached hydrogen (secondary N) is 2. The fourth-order valence-corrected chi connectivity index (χ4v) is 5.70. The molecule has 0 aliphatic carbocycles. The molecular weight excluding hydrogens is 632 g/mol. The van der Waals surface area contributed by atoms with Gasteiger partial charge in [-0.3, -0.25) is 9.59 Å². The summed E-state index contributed by atoms with van der Waals surface area (Å²) in [5, 5.41) is 6.87. The number of hydrogen-bond acceptors (Lipinski definition) is 6. The number of hydrazone groups is 1. The molecule has 9 nitrogen and oxygen atoms in total. The van der Waals surface area contributed by atoms with Crippen molar-refractivity contribution < 1.29 is 22.7 Å². The topological polar surface area (TPSA) is 117 Å². The van der Waals surface area contributed by atoms with Crippen molar-refractivity contribution in [1.82, 2.24) is 15.0 Å². The van der Waals surface area contributed by atoms with Gasteiger partial charge in [0, 0.05) is 11.0 Å². The van der Waals surface area contributed by atoms with E-state index in [9.17, 15) is 18.0 Å². The van der Waals surface area contributed by atoms with Crippen molar-refractivity contribution in [1.29, 1.82) is 0 Å². The van der Waals surface area contributed by atoms with Crippen molar-refractivity contribution in [2.45, 2.75) is 24.4 Å². The molecule has 0 aromatic heterocycles. The summed E-state index contributed by atoms with van der Waals surface area (Å²) < 4.78 is 34.2. The van der Waals surface area contributed by atoms with E-state index in [0.29, 0.717) is 11.3 Å². The predicted molar refractivity (Wildman–Crippen MR) is 169 cm³/mol. The van der Waals surface area contributed by atoms with Crippen molar-refractivity contribution in [3.05, 3.63) is 130 Å². The van der Waals surface area contributed by atoms with Crippen LogP contribution in [0.2, 0.25) is 0 Å². The Hall–Kier alpha value is -4.32. The Morgan fingerprint density at radius 1 is 0.884 bits per heavy atom. The van der Waals surface area contributed by atoms with Crippen LogP contribution in [0.15, 0.2) is 124 Å². The maximum atomic E-state index is 13.4. The molecule has 0 unspecified atom stereocenters. The molecule has 4 aromatic rings. The second kappa shape index (κ2) is 15.2. The summed E-state index contributed by atoms with van der Waals surface area (Å²) in [7, 11) is -3.97. The molecule has 222 valence electrons. The Morgan fingerprint density at radius 2 is 1.51 bits per heavy atom. The fourth-order valence-electron chi connectivity index (χ4n) is 4.05. The minimum Gasteiger partial charge on any atom is -0.484 e. The van der Waals surface area contributed by atoms with Crippen LogP contribution in [0, 0.1) is 0 Å². The lowest BCUT2D eigenvalue weighted by Gasteiger charge is -2.21. The highest BCUT2D eigenvalue weighted by Crippen LogP contribution is 2.21. The van der Waals surface area contributed by atoms with Crippen LogP contribution >= 0.6 is 15.9 Å². The van der Waals surface area contributed by atoms with E-state index in [0.717, 1.165) is 19.9 Å². The molecule has 4 rings (SSSR count). The Balaban J connectivity index is 1.30. The molecular formula is C32H31BrN4O5S. The van der Waals surface area contributed by atoms with Gasteiger partial charge in [0.2, 0.25) is 10.0 Å². The molecule has 1 atom stereocenters. The van der Waals surface area contributed by atoms with Crippen molar-refractivity contribution in [2.24, 2.45) is 5.10 Å². The third-order valence-electron chi connectivity index (χ3n) is 6.30. The van der Waals surface area contributed by atoms with E-state index in [1.54, 1.807) is 48.5 Å². The number of rotatable bonds is 13. The molecule has 0 radical (unpaired) electrons. The first-order valence-corrected chi connectivity index (χ1v) is 15.6. The van der Waals surface area contributed by atoms with Gasteiger partial charge in [-0.05, 0) is 72.1 Å². The standard InChI is InChI=1S/C32H31BrN4O5S/c1-24(27-10-6-3-7-11-27)35-32(39)23-42-29-16-12-25(13-17-29)20-34-36-31(38)22-37(21-26-8-4-2-5-9-26)43(40,41)30-18-14-28(33)15-19-30/h2-20,24H,21-23H2,1H3,(H,35,39)(H,36,38)/b34-20+/t24-/m1/s1. The largest absolute Gasteiger partial charge is 0.484 e. The number of amides is 2. The SMILES string of the molecule is C[C@@H](NC(=O)COc1ccc(/C=N/NC(=O)CN(Cc2ccccc2)S(=O)(=O)c2ccc(Br)cc2)cc1)c1ccccc1. The third kappa shape index (κ3) is 9.60. The summed E-state index contributed by atoms with van der Waals surface area (Å²) >= 11 is 3.31. The molecule has 4 aromatic carbocycles. The number of carbonyl (C=O) groups is 2. The van der Waals surface area contributed by atoms with Crippen LogP contribution in [-0.2, 0) is 26.2 Å². The molecule has 0 saturated heterocycles. The van der Waals surface area contributed by atoms with Gasteiger partial charge in [0.25, 0.3) is 11.8 Å². The second-order valence-electron chi connectivity index (χ2n) is 9.56. The normalized spacial score (nSPS) is 12.2. The molecule has 2 amide bonds. The van der Waals surface area contributed by atoms with Crippen LogP contribution < -0.4 is 15.5 Å². The van der Waals surface area contributed by atoms with Gasteiger partial charge in [-0.1, -0.05) is 76.6 Å². The third-order valence-corrected chi connectivity index (χ3v) is 8.64. The van der Waals surface area contributed by atoms with E-state index < -0.39 is 22.5 Å². The van der Waals surface area contributed by atoms with Crippen LogP contribution in [-0.4, -0.2) is 43.9 Å². The van der Waals surface area contributed by atoms with E-state index in [2.05, 4.69) is 31.8 Å². The van der Waals surface area contributed by atoms with Crippen LogP contribution in [0.4, 0.5) is 0 Å². The van der Waals surface area contributed by atoms with Crippen molar-refractivity contribution >= 4 is 44.0 Å². The van der Waals surface area contributed by atoms with Gasteiger partial charge in [0.15, 0.2) is 6.61 Å². The summed E-state index contributed by atoms with van der Waals surface area (Å²) in [6.07, 6.45) is 1.43. The molecule has 0 aliphatic heterocycles. The fraction of sp³-hybridized carbons (Fsp3) is 0.156. The van der Waals surface area contributed by atoms with Gasteiger partial charge in [-0.25, -0.2) is 13.8 Å². The average molecular weight is 664 g/mol. The predicted octanol–water partition coefficient (Wildman–Crippen LogP) is 5.05. The Morgan fingerprint density at radius 3 is 2.16 bits per heavy atom. The first-order valence-electron chi connectivity index (χ1n) is 13.4. The van der Waals surface area contributed by atoms with E-state index in [4.69, 9.17) is 4.74 Å². The minimum absolute atomic E-state index is 0.0149. The number of halogens is 1. The number of carbonyl (C=O) groups excluding carboxylic acids is 2. The Kier molecular flexibility index (Phi) is 11.2. The quantitative estimate of drug-likeness (QED) is 0.154. The smallest absolute Gasteiger partial charge is 0.258 e. The zero-order valence-corrected chi connectivity index (χ0v) is 25.8. The monoisotopic (exact) mass is 662 g/mol. The van der Waals surface area contributed by atoms with Crippen LogP contribution in [0.25, 0.3) is 0 Å². The molecule has 11 heteroatoms. The number of hydrogen-bond donors (Lipinski definition) is 2. The molecule has 0 bridgehead atoms. The van der Waals surface area contributed by atoms with E-state index in [1.165, 1.54) is 18.3 Å². The summed E-state index contributed by atoms with van der Waals surface area (Å²) in [5.41, 5.74) is 4.81. The highest BCUT2D eigenvalue weighted by atomic mass is 79.9.